The van der Waals surface area contributed by atoms with Gasteiger partial charge in [0.15, 0.2) is 17.2 Å². The van der Waals surface area contributed by atoms with E-state index >= 15 is 0 Å². The number of amides is 1. The van der Waals surface area contributed by atoms with E-state index in [0.29, 0.717) is 18.4 Å². The number of fused-ring (bicyclic) bond motifs is 3. The monoisotopic (exact) mass is 558 g/mol. The lowest BCUT2D eigenvalue weighted by Crippen LogP contribution is -2.79. The average molecular weight is 559 g/mol. The Balaban J connectivity index is 1.91. The van der Waals surface area contributed by atoms with E-state index in [0.717, 1.165) is 36.8 Å². The van der Waals surface area contributed by atoms with Gasteiger partial charge < -0.3 is 31.9 Å². The van der Waals surface area contributed by atoms with Gasteiger partial charge in [-0.1, -0.05) is 59.9 Å². The Bertz CT molecular complexity index is 1210. The molecule has 8 N–H and O–H groups in total. The molecule has 1 aromatic rings. The molecule has 0 aromatic heterocycles. The van der Waals surface area contributed by atoms with Crippen molar-refractivity contribution in [2.24, 2.45) is 46.0 Å². The van der Waals surface area contributed by atoms with Crippen LogP contribution >= 0.6 is 0 Å². The number of primary amides is 1. The van der Waals surface area contributed by atoms with Crippen LogP contribution in [0.1, 0.15) is 93.8 Å². The number of hydrogen-bond donors (Lipinski definition) is 6. The van der Waals surface area contributed by atoms with Crippen LogP contribution in [0.25, 0.3) is 0 Å². The number of aliphatic hydroxyl groups is 3. The summed E-state index contributed by atoms with van der Waals surface area (Å²) in [6.07, 6.45) is 1.95. The number of ketones is 2. The molecule has 0 aliphatic heterocycles. The van der Waals surface area contributed by atoms with E-state index in [9.17, 15) is 34.8 Å². The highest BCUT2D eigenvalue weighted by molar-refractivity contribution is 6.09. The topological polar surface area (TPSA) is 184 Å². The lowest BCUT2D eigenvalue weighted by atomic mass is 9.39. The SMILES string of the molecule is CCCCCCc1cc(CN)c(O)c2c1C[C@]1(C)C[C@]3(C)[C@@H](C(C)C)C(O)[C@@H](C(N)=O)C(=O)[C@]3(O)C(O)[C@H]1C2=O. The Morgan fingerprint density at radius 1 is 1.12 bits per heavy atom. The van der Waals surface area contributed by atoms with Gasteiger partial charge >= 0.3 is 0 Å². The molecule has 40 heavy (non-hydrogen) atoms. The van der Waals surface area contributed by atoms with Gasteiger partial charge in [-0.15, -0.1) is 0 Å². The molecule has 4 rings (SSSR count). The van der Waals surface area contributed by atoms with Crippen molar-refractivity contribution in [3.8, 4) is 5.75 Å². The third-order valence-electron chi connectivity index (χ3n) is 10.5. The molecule has 0 bridgehead atoms. The molecule has 3 aliphatic rings. The van der Waals surface area contributed by atoms with Crippen molar-refractivity contribution in [1.82, 2.24) is 0 Å². The summed E-state index contributed by atoms with van der Waals surface area (Å²) in [5.41, 5.74) is 8.85. The van der Waals surface area contributed by atoms with Gasteiger partial charge in [0, 0.05) is 17.5 Å². The lowest BCUT2D eigenvalue weighted by Gasteiger charge is -2.66. The molecule has 0 saturated heterocycles. The molecule has 9 nitrogen and oxygen atoms in total. The van der Waals surface area contributed by atoms with E-state index < -0.39 is 63.9 Å². The van der Waals surface area contributed by atoms with Crippen LogP contribution in [0.15, 0.2) is 6.07 Å². The van der Waals surface area contributed by atoms with Crippen molar-refractivity contribution >= 4 is 17.5 Å². The molecular formula is C31H46N2O7. The van der Waals surface area contributed by atoms with Gasteiger partial charge in [0.2, 0.25) is 5.91 Å². The maximum atomic E-state index is 14.3. The van der Waals surface area contributed by atoms with E-state index in [2.05, 4.69) is 6.92 Å². The second-order valence-corrected chi connectivity index (χ2v) is 13.4. The number of aromatic hydroxyl groups is 1. The number of Topliss-reactive ketones (excluding diaryl/α,β-unsaturated/α-hetero) is 2. The van der Waals surface area contributed by atoms with Gasteiger partial charge in [0.1, 0.15) is 17.8 Å². The van der Waals surface area contributed by atoms with E-state index in [1.807, 2.05) is 26.8 Å². The molecule has 1 amide bonds. The molecular weight excluding hydrogens is 512 g/mol. The summed E-state index contributed by atoms with van der Waals surface area (Å²) in [6, 6.07) is 1.87. The maximum absolute atomic E-state index is 14.3. The molecule has 8 atom stereocenters. The quantitative estimate of drug-likeness (QED) is 0.207. The van der Waals surface area contributed by atoms with Crippen molar-refractivity contribution in [2.45, 2.75) is 104 Å². The van der Waals surface area contributed by atoms with Gasteiger partial charge in [-0.3, -0.25) is 14.4 Å². The maximum Gasteiger partial charge on any atom is 0.230 e. The second kappa shape index (κ2) is 10.5. The number of aryl methyl sites for hydroxylation is 1. The highest BCUT2D eigenvalue weighted by Crippen LogP contribution is 2.65. The summed E-state index contributed by atoms with van der Waals surface area (Å²) in [5, 5.41) is 46.5. The minimum Gasteiger partial charge on any atom is -0.507 e. The van der Waals surface area contributed by atoms with Gasteiger partial charge in [0.25, 0.3) is 0 Å². The standard InChI is InChI=1S/C31H46N2O7/c1-6-7-8-9-10-16-11-17(13-32)23(34)19-18(16)12-29(4)14-30(5)21(15(2)3)25(36)20(28(33)39)26(37)31(30,40)27(38)22(29)24(19)35/h11,15,20-22,25,27,34,36,38,40H,6-10,12-14,32H2,1-5H3,(H2,33,39)/t20-,21+,22-,25?,27?,29-,30-,31+/m1/s1. The number of carbonyl (C=O) groups is 3. The largest absolute Gasteiger partial charge is 0.507 e. The predicted molar refractivity (Wildman–Crippen MR) is 149 cm³/mol. The Labute approximate surface area is 236 Å². The van der Waals surface area contributed by atoms with Crippen molar-refractivity contribution in [3.05, 3.63) is 28.3 Å². The second-order valence-electron chi connectivity index (χ2n) is 13.4. The number of phenols is 1. The van der Waals surface area contributed by atoms with Gasteiger partial charge in [0.05, 0.1) is 17.6 Å². The zero-order chi connectivity index (χ0) is 29.9. The van der Waals surface area contributed by atoms with E-state index in [-0.39, 0.29) is 30.2 Å². The lowest BCUT2D eigenvalue weighted by molar-refractivity contribution is -0.265. The minimum atomic E-state index is -2.51. The molecule has 222 valence electrons. The van der Waals surface area contributed by atoms with E-state index in [4.69, 9.17) is 11.5 Å². The first-order chi connectivity index (χ1) is 18.6. The Kier molecular flexibility index (Phi) is 8.04. The molecule has 2 fully saturated rings. The van der Waals surface area contributed by atoms with Crippen LogP contribution in [-0.4, -0.2) is 55.7 Å². The molecule has 9 heteroatoms. The van der Waals surface area contributed by atoms with Gasteiger partial charge in [-0.2, -0.15) is 0 Å². The highest BCUT2D eigenvalue weighted by Gasteiger charge is 2.75. The van der Waals surface area contributed by atoms with Gasteiger partial charge in [-0.05, 0) is 54.1 Å². The smallest absolute Gasteiger partial charge is 0.230 e. The summed E-state index contributed by atoms with van der Waals surface area (Å²) in [5.74, 6) is -6.93. The van der Waals surface area contributed by atoms with Crippen molar-refractivity contribution < 1.29 is 34.8 Å². The van der Waals surface area contributed by atoms with Crippen LogP contribution in [0.4, 0.5) is 0 Å². The van der Waals surface area contributed by atoms with Crippen LogP contribution in [0.2, 0.25) is 0 Å². The Morgan fingerprint density at radius 2 is 1.77 bits per heavy atom. The first-order valence-corrected chi connectivity index (χ1v) is 14.6. The summed E-state index contributed by atoms with van der Waals surface area (Å²) in [7, 11) is 0. The van der Waals surface area contributed by atoms with Crippen LogP contribution in [-0.2, 0) is 29.0 Å². The molecule has 0 spiro atoms. The summed E-state index contributed by atoms with van der Waals surface area (Å²) in [4.78, 5) is 40.4. The molecule has 0 radical (unpaired) electrons. The molecule has 2 saturated carbocycles. The normalized spacial score (nSPS) is 37.2. The average Bonchev–Trinajstić information content (AvgIpc) is 2.84. The van der Waals surface area contributed by atoms with Crippen molar-refractivity contribution in [1.29, 1.82) is 0 Å². The summed E-state index contributed by atoms with van der Waals surface area (Å²) < 4.78 is 0. The van der Waals surface area contributed by atoms with Crippen LogP contribution < -0.4 is 11.5 Å². The number of phenolic OH excluding ortho intramolecular Hbond substituents is 1. The summed E-state index contributed by atoms with van der Waals surface area (Å²) >= 11 is 0. The van der Waals surface area contributed by atoms with Crippen LogP contribution in [0.5, 0.6) is 5.75 Å². The minimum absolute atomic E-state index is 0.0214. The first kappa shape index (κ1) is 30.6. The molecule has 0 heterocycles. The number of aliphatic hydroxyl groups excluding tert-OH is 2. The van der Waals surface area contributed by atoms with Crippen LogP contribution in [0, 0.1) is 34.5 Å². The third kappa shape index (κ3) is 4.15. The van der Waals surface area contributed by atoms with E-state index in [1.165, 1.54) is 0 Å². The number of nitrogens with two attached hydrogens (primary N) is 2. The first-order valence-electron chi connectivity index (χ1n) is 14.6. The van der Waals surface area contributed by atoms with Crippen molar-refractivity contribution in [3.63, 3.8) is 0 Å². The van der Waals surface area contributed by atoms with Crippen molar-refractivity contribution in [2.75, 3.05) is 0 Å². The molecule has 2 unspecified atom stereocenters. The zero-order valence-corrected chi connectivity index (χ0v) is 24.4. The third-order valence-corrected chi connectivity index (χ3v) is 10.5. The molecule has 3 aliphatic carbocycles. The number of carbonyl (C=O) groups excluding carboxylic acids is 3. The Hall–Kier alpha value is -2.33. The number of rotatable bonds is 8. The fraction of sp³-hybridized carbons (Fsp3) is 0.710. The fourth-order valence-corrected chi connectivity index (χ4v) is 8.86. The Morgan fingerprint density at radius 3 is 2.33 bits per heavy atom. The number of unbranched alkanes of at least 4 members (excludes halogenated alkanes) is 3. The summed E-state index contributed by atoms with van der Waals surface area (Å²) in [6.45, 7) is 9.35. The number of hydrogen-bond acceptors (Lipinski definition) is 8. The predicted octanol–water partition coefficient (Wildman–Crippen LogP) is 2.15. The fourth-order valence-electron chi connectivity index (χ4n) is 8.86. The number of benzene rings is 1. The van der Waals surface area contributed by atoms with Crippen LogP contribution in [0.3, 0.4) is 0 Å². The van der Waals surface area contributed by atoms with Gasteiger partial charge in [-0.25, -0.2) is 0 Å². The highest BCUT2D eigenvalue weighted by atomic mass is 16.4. The molecule has 1 aromatic carbocycles. The van der Waals surface area contributed by atoms with E-state index in [1.54, 1.807) is 6.92 Å². The zero-order valence-electron chi connectivity index (χ0n) is 24.4.